The summed E-state index contributed by atoms with van der Waals surface area (Å²) in [5, 5.41) is 0. The molecule has 1 N–H and O–H groups in total. The maximum absolute atomic E-state index is 4.19. The van der Waals surface area contributed by atoms with E-state index in [0.717, 1.165) is 31.4 Å². The Hall–Kier alpha value is -1.83. The lowest BCUT2D eigenvalue weighted by Gasteiger charge is -1.96. The highest BCUT2D eigenvalue weighted by molar-refractivity contribution is 5.15. The van der Waals surface area contributed by atoms with Crippen LogP contribution < -0.4 is 0 Å². The van der Waals surface area contributed by atoms with E-state index >= 15 is 0 Å². The van der Waals surface area contributed by atoms with Crippen LogP contribution in [-0.2, 0) is 12.8 Å². The van der Waals surface area contributed by atoms with Gasteiger partial charge in [-0.05, 0) is 31.2 Å². The lowest BCUT2D eigenvalue weighted by atomic mass is 10.1. The van der Waals surface area contributed by atoms with Crippen molar-refractivity contribution in [3.8, 4) is 0 Å². The summed E-state index contributed by atoms with van der Waals surface area (Å²) >= 11 is 0. The molecule has 2 aromatic rings. The van der Waals surface area contributed by atoms with Crippen LogP contribution >= 0.6 is 0 Å². The van der Waals surface area contributed by atoms with Crippen LogP contribution in [0.1, 0.15) is 24.1 Å². The van der Waals surface area contributed by atoms with Gasteiger partial charge in [-0.15, -0.1) is 0 Å². The Kier molecular flexibility index (Phi) is 4.58. The van der Waals surface area contributed by atoms with E-state index in [9.17, 15) is 0 Å². The lowest BCUT2D eigenvalue weighted by Crippen LogP contribution is -1.83. The average Bonchev–Trinajstić information content (AvgIpc) is 2.88. The Morgan fingerprint density at radius 2 is 1.76 bits per heavy atom. The normalized spacial score (nSPS) is 11.1. The van der Waals surface area contributed by atoms with Gasteiger partial charge in [0.1, 0.15) is 0 Å². The largest absolute Gasteiger partial charge is 0.351 e. The monoisotopic (exact) mass is 226 g/mol. The second kappa shape index (κ2) is 6.69. The quantitative estimate of drug-likeness (QED) is 0.750. The van der Waals surface area contributed by atoms with Gasteiger partial charge < -0.3 is 4.98 Å². The van der Waals surface area contributed by atoms with Crippen molar-refractivity contribution >= 4 is 0 Å². The number of aromatic amines is 1. The molecule has 1 aromatic carbocycles. The summed E-state index contributed by atoms with van der Waals surface area (Å²) in [5.74, 6) is 0. The highest BCUT2D eigenvalue weighted by Crippen LogP contribution is 2.04. The first-order chi connectivity index (χ1) is 8.45. The highest BCUT2D eigenvalue weighted by Gasteiger charge is 1.91. The third-order valence-electron chi connectivity index (χ3n) is 2.73. The number of aromatic nitrogens is 2. The smallest absolute Gasteiger partial charge is 0.0923 e. The number of rotatable bonds is 6. The maximum atomic E-state index is 4.19. The predicted octanol–water partition coefficient (Wildman–Crippen LogP) is 3.53. The summed E-state index contributed by atoms with van der Waals surface area (Å²) < 4.78 is 0. The number of H-pyrrole nitrogens is 1. The summed E-state index contributed by atoms with van der Waals surface area (Å²) in [7, 11) is 0. The molecule has 0 unspecified atom stereocenters. The van der Waals surface area contributed by atoms with Gasteiger partial charge in [-0.3, -0.25) is 0 Å². The van der Waals surface area contributed by atoms with Crippen LogP contribution in [0.5, 0.6) is 0 Å². The summed E-state index contributed by atoms with van der Waals surface area (Å²) in [6.45, 7) is 0. The van der Waals surface area contributed by atoms with Crippen LogP contribution in [0, 0.1) is 0 Å². The van der Waals surface area contributed by atoms with Gasteiger partial charge in [-0.1, -0.05) is 42.5 Å². The predicted molar refractivity (Wildman–Crippen MR) is 70.8 cm³/mol. The number of imidazole rings is 1. The SMILES string of the molecule is C(=C/CCc1c[nH]cn1)/CCc1ccccc1. The van der Waals surface area contributed by atoms with Gasteiger partial charge in [0.15, 0.2) is 0 Å². The molecule has 17 heavy (non-hydrogen) atoms. The van der Waals surface area contributed by atoms with Crippen LogP contribution in [0.2, 0.25) is 0 Å². The molecule has 1 aromatic heterocycles. The van der Waals surface area contributed by atoms with E-state index in [1.165, 1.54) is 5.56 Å². The molecule has 0 aliphatic heterocycles. The van der Waals surface area contributed by atoms with E-state index in [-0.39, 0.29) is 0 Å². The number of benzene rings is 1. The maximum Gasteiger partial charge on any atom is 0.0923 e. The van der Waals surface area contributed by atoms with Crippen LogP contribution in [0.15, 0.2) is 55.0 Å². The van der Waals surface area contributed by atoms with E-state index in [0.29, 0.717) is 0 Å². The molecule has 0 saturated carbocycles. The molecule has 0 amide bonds. The zero-order valence-corrected chi connectivity index (χ0v) is 9.97. The Morgan fingerprint density at radius 3 is 2.47 bits per heavy atom. The number of aryl methyl sites for hydroxylation is 2. The molecule has 0 aliphatic carbocycles. The molecule has 0 aliphatic rings. The number of nitrogens with one attached hydrogen (secondary N) is 1. The average molecular weight is 226 g/mol. The number of nitrogens with zero attached hydrogens (tertiary/aromatic N) is 1. The van der Waals surface area contributed by atoms with Gasteiger partial charge in [0.2, 0.25) is 0 Å². The molecule has 0 saturated heterocycles. The van der Waals surface area contributed by atoms with Crippen molar-refractivity contribution in [2.75, 3.05) is 0 Å². The number of hydrogen-bond acceptors (Lipinski definition) is 1. The standard InChI is InChI=1S/C15H18N2/c1(2-7-11-15-12-16-13-17-15)4-8-14-9-5-3-6-10-14/h1-3,5-6,9-10,12-13H,4,7-8,11H2,(H,16,17)/b2-1-. The van der Waals surface area contributed by atoms with Crippen molar-refractivity contribution in [1.82, 2.24) is 9.97 Å². The molecular weight excluding hydrogens is 208 g/mol. The Bertz CT molecular complexity index is 429. The lowest BCUT2D eigenvalue weighted by molar-refractivity contribution is 0.938. The third kappa shape index (κ3) is 4.27. The van der Waals surface area contributed by atoms with Gasteiger partial charge in [0.05, 0.1) is 12.0 Å². The van der Waals surface area contributed by atoms with Gasteiger partial charge in [-0.2, -0.15) is 0 Å². The van der Waals surface area contributed by atoms with Crippen LogP contribution in [0.25, 0.3) is 0 Å². The molecule has 88 valence electrons. The van der Waals surface area contributed by atoms with Gasteiger partial charge in [0.25, 0.3) is 0 Å². The molecule has 0 bridgehead atoms. The van der Waals surface area contributed by atoms with Gasteiger partial charge in [0, 0.05) is 6.20 Å². The van der Waals surface area contributed by atoms with E-state index in [4.69, 9.17) is 0 Å². The summed E-state index contributed by atoms with van der Waals surface area (Å²) in [6, 6.07) is 10.6. The molecule has 2 rings (SSSR count). The number of allylic oxidation sites excluding steroid dienone is 2. The molecular formula is C15H18N2. The second-order valence-electron chi connectivity index (χ2n) is 4.09. The summed E-state index contributed by atoms with van der Waals surface area (Å²) in [4.78, 5) is 7.16. The molecule has 2 heteroatoms. The Morgan fingerprint density at radius 1 is 1.00 bits per heavy atom. The van der Waals surface area contributed by atoms with Crippen molar-refractivity contribution < 1.29 is 0 Å². The fourth-order valence-electron chi connectivity index (χ4n) is 1.79. The summed E-state index contributed by atoms with van der Waals surface area (Å²) in [5.41, 5.74) is 2.54. The van der Waals surface area contributed by atoms with E-state index in [1.807, 2.05) is 6.20 Å². The molecule has 0 fully saturated rings. The Balaban J connectivity index is 1.62. The topological polar surface area (TPSA) is 28.7 Å². The highest BCUT2D eigenvalue weighted by atomic mass is 14.9. The van der Waals surface area contributed by atoms with E-state index < -0.39 is 0 Å². The number of hydrogen-bond donors (Lipinski definition) is 1. The minimum absolute atomic E-state index is 1.02. The van der Waals surface area contributed by atoms with Crippen molar-refractivity contribution in [3.05, 3.63) is 66.3 Å². The van der Waals surface area contributed by atoms with Crippen LogP contribution in [0.3, 0.4) is 0 Å². The first-order valence-electron chi connectivity index (χ1n) is 6.12. The zero-order valence-electron chi connectivity index (χ0n) is 9.97. The first kappa shape index (κ1) is 11.6. The van der Waals surface area contributed by atoms with Crippen molar-refractivity contribution in [2.45, 2.75) is 25.7 Å². The fourth-order valence-corrected chi connectivity index (χ4v) is 1.79. The fraction of sp³-hybridized carbons (Fsp3) is 0.267. The molecule has 0 spiro atoms. The van der Waals surface area contributed by atoms with E-state index in [2.05, 4.69) is 52.5 Å². The molecule has 1 heterocycles. The minimum atomic E-state index is 1.02. The molecule has 0 radical (unpaired) electrons. The summed E-state index contributed by atoms with van der Waals surface area (Å²) in [6.07, 6.45) is 12.5. The Labute approximate surface area is 102 Å². The third-order valence-corrected chi connectivity index (χ3v) is 2.73. The second-order valence-corrected chi connectivity index (χ2v) is 4.09. The minimum Gasteiger partial charge on any atom is -0.351 e. The first-order valence-corrected chi connectivity index (χ1v) is 6.12. The molecule has 0 atom stereocenters. The van der Waals surface area contributed by atoms with Crippen LogP contribution in [0.4, 0.5) is 0 Å². The van der Waals surface area contributed by atoms with Gasteiger partial charge >= 0.3 is 0 Å². The zero-order chi connectivity index (χ0) is 11.8. The van der Waals surface area contributed by atoms with E-state index in [1.54, 1.807) is 6.33 Å². The van der Waals surface area contributed by atoms with Crippen LogP contribution in [-0.4, -0.2) is 9.97 Å². The van der Waals surface area contributed by atoms with Crippen molar-refractivity contribution in [1.29, 1.82) is 0 Å². The molecule has 2 nitrogen and oxygen atoms in total. The van der Waals surface area contributed by atoms with Crippen molar-refractivity contribution in [3.63, 3.8) is 0 Å². The van der Waals surface area contributed by atoms with Crippen molar-refractivity contribution in [2.24, 2.45) is 0 Å². The van der Waals surface area contributed by atoms with Gasteiger partial charge in [-0.25, -0.2) is 4.98 Å².